The van der Waals surface area contributed by atoms with E-state index >= 15 is 0 Å². The lowest BCUT2D eigenvalue weighted by molar-refractivity contribution is -0.151. The molecule has 1 aromatic rings. The van der Waals surface area contributed by atoms with Crippen molar-refractivity contribution >= 4 is 23.5 Å². The molecule has 1 saturated heterocycles. The van der Waals surface area contributed by atoms with Gasteiger partial charge in [0.15, 0.2) is 0 Å². The van der Waals surface area contributed by atoms with Crippen molar-refractivity contribution in [1.82, 2.24) is 4.90 Å². The predicted octanol–water partition coefficient (Wildman–Crippen LogP) is 2.73. The number of carbonyl (C=O) groups excluding carboxylic acids is 1. The molecule has 0 radical (unpaired) electrons. The molecule has 1 amide bonds. The van der Waals surface area contributed by atoms with E-state index in [2.05, 4.69) is 0 Å². The predicted molar refractivity (Wildman–Crippen MR) is 78.5 cm³/mol. The molecule has 0 aliphatic carbocycles. The smallest absolute Gasteiger partial charge is 0.308 e. The second kappa shape index (κ2) is 6.35. The largest absolute Gasteiger partial charge is 0.496 e. The van der Waals surface area contributed by atoms with E-state index in [1.54, 1.807) is 23.1 Å². The van der Waals surface area contributed by atoms with E-state index in [0.29, 0.717) is 29.3 Å². The normalized spacial score (nSPS) is 22.2. The molecule has 1 aliphatic rings. The zero-order valence-electron chi connectivity index (χ0n) is 12.0. The van der Waals surface area contributed by atoms with Gasteiger partial charge in [0.25, 0.3) is 0 Å². The number of aliphatic carboxylic acids is 1. The molecule has 2 rings (SSSR count). The Morgan fingerprint density at radius 3 is 2.81 bits per heavy atom. The summed E-state index contributed by atoms with van der Waals surface area (Å²) < 4.78 is 5.32. The number of halogens is 1. The van der Waals surface area contributed by atoms with Crippen LogP contribution in [0.15, 0.2) is 18.2 Å². The summed E-state index contributed by atoms with van der Waals surface area (Å²) >= 11 is 6.27. The van der Waals surface area contributed by atoms with Gasteiger partial charge in [0.2, 0.25) is 5.91 Å². The molecular formula is C15H18ClNO4. The molecule has 0 saturated carbocycles. The number of hydrogen-bond acceptors (Lipinski definition) is 3. The summed E-state index contributed by atoms with van der Waals surface area (Å²) in [6, 6.07) is 4.55. The Kier molecular flexibility index (Phi) is 4.73. The van der Waals surface area contributed by atoms with Crippen LogP contribution in [0.2, 0.25) is 5.02 Å². The number of nitrogens with zero attached hydrogens (tertiary/aromatic N) is 1. The molecule has 1 N–H and O–H groups in total. The maximum absolute atomic E-state index is 12.1. The third kappa shape index (κ3) is 2.83. The standard InChI is InChI=1S/C15H18ClNO4/c1-3-17-12(18)8-7-9(15(19)20)14(17)13-10(16)5-4-6-11(13)21-2/h4-6,9,14H,3,7-8H2,1-2H3,(H,19,20). The minimum atomic E-state index is -0.923. The van der Waals surface area contributed by atoms with Gasteiger partial charge in [0.1, 0.15) is 5.75 Å². The fraction of sp³-hybridized carbons (Fsp3) is 0.467. The summed E-state index contributed by atoms with van der Waals surface area (Å²) in [4.78, 5) is 25.3. The molecular weight excluding hydrogens is 294 g/mol. The Morgan fingerprint density at radius 1 is 1.52 bits per heavy atom. The zero-order valence-corrected chi connectivity index (χ0v) is 12.8. The van der Waals surface area contributed by atoms with Crippen LogP contribution >= 0.6 is 11.6 Å². The van der Waals surface area contributed by atoms with Gasteiger partial charge in [-0.05, 0) is 25.5 Å². The van der Waals surface area contributed by atoms with Gasteiger partial charge in [-0.15, -0.1) is 0 Å². The maximum Gasteiger partial charge on any atom is 0.308 e. The average Bonchev–Trinajstić information content (AvgIpc) is 2.46. The molecule has 5 nitrogen and oxygen atoms in total. The number of amides is 1. The lowest BCUT2D eigenvalue weighted by atomic mass is 9.84. The molecule has 21 heavy (non-hydrogen) atoms. The summed E-state index contributed by atoms with van der Waals surface area (Å²) in [5.74, 6) is -1.15. The van der Waals surface area contributed by atoms with Crippen LogP contribution in [0.1, 0.15) is 31.4 Å². The second-order valence-corrected chi connectivity index (χ2v) is 5.37. The number of hydrogen-bond donors (Lipinski definition) is 1. The van der Waals surface area contributed by atoms with Gasteiger partial charge in [-0.3, -0.25) is 9.59 Å². The topological polar surface area (TPSA) is 66.8 Å². The van der Waals surface area contributed by atoms with E-state index in [0.717, 1.165) is 0 Å². The Bertz CT molecular complexity index is 559. The van der Waals surface area contributed by atoms with Crippen molar-refractivity contribution in [2.75, 3.05) is 13.7 Å². The Balaban J connectivity index is 2.58. The lowest BCUT2D eigenvalue weighted by Gasteiger charge is -2.40. The van der Waals surface area contributed by atoms with Gasteiger partial charge >= 0.3 is 5.97 Å². The van der Waals surface area contributed by atoms with Gasteiger partial charge in [0, 0.05) is 23.6 Å². The van der Waals surface area contributed by atoms with Crippen LogP contribution in [0.5, 0.6) is 5.75 Å². The fourth-order valence-electron chi connectivity index (χ4n) is 2.92. The van der Waals surface area contributed by atoms with Crippen LogP contribution < -0.4 is 4.74 Å². The van der Waals surface area contributed by atoms with Crippen molar-refractivity contribution in [1.29, 1.82) is 0 Å². The molecule has 2 unspecified atom stereocenters. The summed E-state index contributed by atoms with van der Waals surface area (Å²) in [7, 11) is 1.51. The number of rotatable bonds is 4. The van der Waals surface area contributed by atoms with Crippen molar-refractivity contribution in [3.8, 4) is 5.75 Å². The highest BCUT2D eigenvalue weighted by Crippen LogP contribution is 2.43. The second-order valence-electron chi connectivity index (χ2n) is 4.96. The van der Waals surface area contributed by atoms with E-state index < -0.39 is 17.9 Å². The van der Waals surface area contributed by atoms with Crippen LogP contribution in [0.3, 0.4) is 0 Å². The summed E-state index contributed by atoms with van der Waals surface area (Å²) in [5.41, 5.74) is 0.573. The SMILES string of the molecule is CCN1C(=O)CCC(C(=O)O)C1c1c(Cl)cccc1OC. The van der Waals surface area contributed by atoms with Crippen LogP contribution in [-0.4, -0.2) is 35.5 Å². The third-order valence-electron chi connectivity index (χ3n) is 3.89. The van der Waals surface area contributed by atoms with Gasteiger partial charge in [-0.25, -0.2) is 0 Å². The van der Waals surface area contributed by atoms with E-state index in [4.69, 9.17) is 16.3 Å². The van der Waals surface area contributed by atoms with Gasteiger partial charge in [0.05, 0.1) is 19.1 Å². The van der Waals surface area contributed by atoms with Crippen molar-refractivity contribution in [3.05, 3.63) is 28.8 Å². The molecule has 2 atom stereocenters. The average molecular weight is 312 g/mol. The number of carboxylic acid groups (broad SMARTS) is 1. The van der Waals surface area contributed by atoms with E-state index in [1.165, 1.54) is 7.11 Å². The summed E-state index contributed by atoms with van der Waals surface area (Å²) in [5, 5.41) is 9.92. The minimum absolute atomic E-state index is 0.0537. The van der Waals surface area contributed by atoms with Crippen molar-refractivity contribution in [3.63, 3.8) is 0 Å². The van der Waals surface area contributed by atoms with Crippen LogP contribution in [0.4, 0.5) is 0 Å². The minimum Gasteiger partial charge on any atom is -0.496 e. The highest BCUT2D eigenvalue weighted by atomic mass is 35.5. The van der Waals surface area contributed by atoms with Crippen LogP contribution in [0.25, 0.3) is 0 Å². The van der Waals surface area contributed by atoms with Crippen molar-refractivity contribution in [2.24, 2.45) is 5.92 Å². The molecule has 1 aromatic carbocycles. The molecule has 1 heterocycles. The molecule has 0 spiro atoms. The highest BCUT2D eigenvalue weighted by molar-refractivity contribution is 6.31. The van der Waals surface area contributed by atoms with Gasteiger partial charge < -0.3 is 14.7 Å². The Hall–Kier alpha value is -1.75. The molecule has 1 fully saturated rings. The fourth-order valence-corrected chi connectivity index (χ4v) is 3.20. The first-order chi connectivity index (χ1) is 10.0. The third-order valence-corrected chi connectivity index (χ3v) is 4.22. The molecule has 114 valence electrons. The van der Waals surface area contributed by atoms with E-state index in [-0.39, 0.29) is 12.3 Å². The van der Waals surface area contributed by atoms with Gasteiger partial charge in [-0.1, -0.05) is 17.7 Å². The first-order valence-corrected chi connectivity index (χ1v) is 7.23. The summed E-state index contributed by atoms with van der Waals surface area (Å²) in [6.45, 7) is 2.26. The number of benzene rings is 1. The molecule has 1 aliphatic heterocycles. The van der Waals surface area contributed by atoms with Crippen LogP contribution in [-0.2, 0) is 9.59 Å². The van der Waals surface area contributed by atoms with Gasteiger partial charge in [-0.2, -0.15) is 0 Å². The number of carboxylic acids is 1. The Morgan fingerprint density at radius 2 is 2.24 bits per heavy atom. The quantitative estimate of drug-likeness (QED) is 0.928. The lowest BCUT2D eigenvalue weighted by Crippen LogP contribution is -2.45. The summed E-state index contributed by atoms with van der Waals surface area (Å²) in [6.07, 6.45) is 0.553. The number of carbonyl (C=O) groups is 2. The van der Waals surface area contributed by atoms with E-state index in [1.807, 2.05) is 6.92 Å². The number of ether oxygens (including phenoxy) is 1. The van der Waals surface area contributed by atoms with Crippen molar-refractivity contribution in [2.45, 2.75) is 25.8 Å². The maximum atomic E-state index is 12.1. The number of likely N-dealkylation sites (tertiary alicyclic amines) is 1. The first-order valence-electron chi connectivity index (χ1n) is 6.85. The zero-order chi connectivity index (χ0) is 15.6. The molecule has 0 aromatic heterocycles. The number of piperidine rings is 1. The number of methoxy groups -OCH3 is 1. The van der Waals surface area contributed by atoms with E-state index in [9.17, 15) is 14.7 Å². The Labute approximate surface area is 128 Å². The monoisotopic (exact) mass is 311 g/mol. The van der Waals surface area contributed by atoms with Crippen LogP contribution in [0, 0.1) is 5.92 Å². The molecule has 0 bridgehead atoms. The highest BCUT2D eigenvalue weighted by Gasteiger charge is 2.42. The first kappa shape index (κ1) is 15.6. The van der Waals surface area contributed by atoms with Crippen molar-refractivity contribution < 1.29 is 19.4 Å². The molecule has 6 heteroatoms.